The lowest BCUT2D eigenvalue weighted by molar-refractivity contribution is 0.0730. The molecule has 0 spiro atoms. The van der Waals surface area contributed by atoms with Gasteiger partial charge in [-0.05, 0) is 12.3 Å². The predicted octanol–water partition coefficient (Wildman–Crippen LogP) is 2.65. The Bertz CT molecular complexity index is 324. The Hall–Kier alpha value is -0.130. The van der Waals surface area contributed by atoms with Crippen LogP contribution in [0.1, 0.15) is 52.4 Å². The van der Waals surface area contributed by atoms with Crippen molar-refractivity contribution in [1.82, 2.24) is 4.31 Å². The minimum absolute atomic E-state index is 0.294. The van der Waals surface area contributed by atoms with Crippen LogP contribution in [0.3, 0.4) is 0 Å². The van der Waals surface area contributed by atoms with Crippen molar-refractivity contribution < 1.29 is 13.2 Å². The molecule has 4 nitrogen and oxygen atoms in total. The van der Waals surface area contributed by atoms with Crippen LogP contribution in [0.25, 0.3) is 0 Å². The lowest BCUT2D eigenvalue weighted by Crippen LogP contribution is -2.42. The second-order valence-electron chi connectivity index (χ2n) is 5.57. The van der Waals surface area contributed by atoms with E-state index in [2.05, 4.69) is 13.8 Å². The van der Waals surface area contributed by atoms with Crippen molar-refractivity contribution in [1.29, 1.82) is 0 Å². The first-order valence-corrected chi connectivity index (χ1v) is 9.22. The molecule has 1 rings (SSSR count). The summed E-state index contributed by atoms with van der Waals surface area (Å²) in [6, 6.07) is 0. The van der Waals surface area contributed by atoms with E-state index in [-0.39, 0.29) is 0 Å². The lowest BCUT2D eigenvalue weighted by Gasteiger charge is -2.26. The van der Waals surface area contributed by atoms with Crippen molar-refractivity contribution >= 4 is 10.0 Å². The largest absolute Gasteiger partial charge is 0.379 e. The molecule has 114 valence electrons. The maximum Gasteiger partial charge on any atom is 0.214 e. The first-order valence-electron chi connectivity index (χ1n) is 7.62. The molecule has 0 aliphatic carbocycles. The normalized spacial score (nSPS) is 19.5. The summed E-state index contributed by atoms with van der Waals surface area (Å²) >= 11 is 0. The fourth-order valence-electron chi connectivity index (χ4n) is 2.37. The third-order valence-electron chi connectivity index (χ3n) is 3.78. The van der Waals surface area contributed by atoms with Gasteiger partial charge in [0.2, 0.25) is 10.0 Å². The van der Waals surface area contributed by atoms with Crippen LogP contribution in [0.2, 0.25) is 0 Å². The first-order chi connectivity index (χ1) is 9.06. The minimum atomic E-state index is -3.06. The third-order valence-corrected chi connectivity index (χ3v) is 5.69. The molecule has 1 fully saturated rings. The Balaban J connectivity index is 2.22. The fraction of sp³-hybridized carbons (Fsp3) is 1.00. The number of hydrogen-bond acceptors (Lipinski definition) is 3. The summed E-state index contributed by atoms with van der Waals surface area (Å²) in [5.74, 6) is 0.801. The Morgan fingerprint density at radius 3 is 2.42 bits per heavy atom. The maximum absolute atomic E-state index is 12.1. The zero-order valence-electron chi connectivity index (χ0n) is 12.4. The number of hydrogen-bond donors (Lipinski definition) is 0. The molecule has 1 aliphatic heterocycles. The molecule has 1 aliphatic rings. The highest BCUT2D eigenvalue weighted by atomic mass is 32.2. The predicted molar refractivity (Wildman–Crippen MR) is 78.7 cm³/mol. The first kappa shape index (κ1) is 16.9. The molecule has 0 aromatic carbocycles. The van der Waals surface area contributed by atoms with E-state index in [1.54, 1.807) is 4.31 Å². The van der Waals surface area contributed by atoms with E-state index < -0.39 is 10.0 Å². The SMILES string of the molecule is CCCCCCC(C)CCS(=O)(=O)N1CCOCC1. The number of unbranched alkanes of at least 4 members (excludes halogenated alkanes) is 3. The molecule has 0 amide bonds. The summed E-state index contributed by atoms with van der Waals surface area (Å²) < 4.78 is 31.0. The van der Waals surface area contributed by atoms with Crippen LogP contribution in [0.4, 0.5) is 0 Å². The Kier molecular flexibility index (Phi) is 7.95. The van der Waals surface area contributed by atoms with Gasteiger partial charge in [-0.3, -0.25) is 0 Å². The van der Waals surface area contributed by atoms with Gasteiger partial charge in [-0.25, -0.2) is 8.42 Å². The summed E-state index contributed by atoms with van der Waals surface area (Å²) in [6.45, 7) is 6.48. The van der Waals surface area contributed by atoms with E-state index in [1.165, 1.54) is 25.7 Å². The molecule has 0 N–H and O–H groups in total. The van der Waals surface area contributed by atoms with Crippen LogP contribution in [0, 0.1) is 5.92 Å². The van der Waals surface area contributed by atoms with Gasteiger partial charge < -0.3 is 4.74 Å². The number of sulfonamides is 1. The van der Waals surface area contributed by atoms with E-state index in [4.69, 9.17) is 4.74 Å². The maximum atomic E-state index is 12.1. The summed E-state index contributed by atoms with van der Waals surface area (Å²) in [6.07, 6.45) is 6.98. The van der Waals surface area contributed by atoms with E-state index in [9.17, 15) is 8.42 Å². The van der Waals surface area contributed by atoms with Crippen molar-refractivity contribution in [2.45, 2.75) is 52.4 Å². The van der Waals surface area contributed by atoms with Gasteiger partial charge in [0.25, 0.3) is 0 Å². The molecular formula is C14H29NO3S. The van der Waals surface area contributed by atoms with Crippen LogP contribution in [-0.2, 0) is 14.8 Å². The minimum Gasteiger partial charge on any atom is -0.379 e. The van der Waals surface area contributed by atoms with Crippen LogP contribution < -0.4 is 0 Å². The Morgan fingerprint density at radius 2 is 1.79 bits per heavy atom. The van der Waals surface area contributed by atoms with Gasteiger partial charge in [-0.1, -0.05) is 46.0 Å². The van der Waals surface area contributed by atoms with Gasteiger partial charge in [-0.15, -0.1) is 0 Å². The molecule has 0 radical (unpaired) electrons. The van der Waals surface area contributed by atoms with Crippen LogP contribution >= 0.6 is 0 Å². The quantitative estimate of drug-likeness (QED) is 0.614. The molecular weight excluding hydrogens is 262 g/mol. The van der Waals surface area contributed by atoms with Gasteiger partial charge in [0.1, 0.15) is 0 Å². The molecule has 0 aromatic rings. The van der Waals surface area contributed by atoms with Crippen molar-refractivity contribution in [2.75, 3.05) is 32.1 Å². The smallest absolute Gasteiger partial charge is 0.214 e. The van der Waals surface area contributed by atoms with Gasteiger partial charge in [-0.2, -0.15) is 4.31 Å². The van der Waals surface area contributed by atoms with Crippen LogP contribution in [-0.4, -0.2) is 44.8 Å². The van der Waals surface area contributed by atoms with E-state index in [0.717, 1.165) is 12.8 Å². The zero-order chi connectivity index (χ0) is 14.1. The third kappa shape index (κ3) is 6.72. The van der Waals surface area contributed by atoms with Gasteiger partial charge >= 0.3 is 0 Å². The summed E-state index contributed by atoms with van der Waals surface area (Å²) in [7, 11) is -3.06. The molecule has 0 bridgehead atoms. The molecule has 1 heterocycles. The van der Waals surface area contributed by atoms with Crippen molar-refractivity contribution in [2.24, 2.45) is 5.92 Å². The second-order valence-corrected chi connectivity index (χ2v) is 7.66. The van der Waals surface area contributed by atoms with Crippen molar-refractivity contribution in [3.63, 3.8) is 0 Å². The standard InChI is InChI=1S/C14H29NO3S/c1-3-4-5-6-7-14(2)8-13-19(16,17)15-9-11-18-12-10-15/h14H,3-13H2,1-2H3. The molecule has 1 saturated heterocycles. The molecule has 19 heavy (non-hydrogen) atoms. The van der Waals surface area contributed by atoms with E-state index in [0.29, 0.717) is 38.0 Å². The van der Waals surface area contributed by atoms with Gasteiger partial charge in [0, 0.05) is 13.1 Å². The number of ether oxygens (including phenoxy) is 1. The molecule has 5 heteroatoms. The monoisotopic (exact) mass is 291 g/mol. The van der Waals surface area contributed by atoms with Gasteiger partial charge in [0.05, 0.1) is 19.0 Å². The zero-order valence-corrected chi connectivity index (χ0v) is 13.3. The fourth-order valence-corrected chi connectivity index (χ4v) is 4.03. The highest BCUT2D eigenvalue weighted by molar-refractivity contribution is 7.89. The van der Waals surface area contributed by atoms with Crippen LogP contribution in [0.15, 0.2) is 0 Å². The average molecular weight is 291 g/mol. The van der Waals surface area contributed by atoms with Crippen molar-refractivity contribution in [3.8, 4) is 0 Å². The van der Waals surface area contributed by atoms with Gasteiger partial charge in [0.15, 0.2) is 0 Å². The summed E-state index contributed by atoms with van der Waals surface area (Å²) in [5.41, 5.74) is 0. The molecule has 1 atom stereocenters. The highest BCUT2D eigenvalue weighted by Gasteiger charge is 2.24. The number of nitrogens with zero attached hydrogens (tertiary/aromatic N) is 1. The highest BCUT2D eigenvalue weighted by Crippen LogP contribution is 2.16. The topological polar surface area (TPSA) is 46.6 Å². The summed E-state index contributed by atoms with van der Waals surface area (Å²) in [4.78, 5) is 0. The molecule has 1 unspecified atom stereocenters. The van der Waals surface area contributed by atoms with Crippen LogP contribution in [0.5, 0.6) is 0 Å². The molecule has 0 aromatic heterocycles. The second kappa shape index (κ2) is 8.93. The average Bonchev–Trinajstić information content (AvgIpc) is 2.42. The number of morpholine rings is 1. The number of rotatable bonds is 9. The van der Waals surface area contributed by atoms with Crippen molar-refractivity contribution in [3.05, 3.63) is 0 Å². The molecule has 0 saturated carbocycles. The Labute approximate surface area is 118 Å². The van der Waals surface area contributed by atoms with E-state index in [1.807, 2.05) is 0 Å². The van der Waals surface area contributed by atoms with E-state index >= 15 is 0 Å². The lowest BCUT2D eigenvalue weighted by atomic mass is 10.0. The summed E-state index contributed by atoms with van der Waals surface area (Å²) in [5, 5.41) is 0. The Morgan fingerprint density at radius 1 is 1.11 bits per heavy atom.